The molecular formula is C18H22FN3O2S. The molecule has 2 aromatic rings. The first-order valence-corrected chi connectivity index (χ1v) is 8.99. The summed E-state index contributed by atoms with van der Waals surface area (Å²) in [5.74, 6) is -0.199. The van der Waals surface area contributed by atoms with Gasteiger partial charge in [0.25, 0.3) is 5.56 Å². The van der Waals surface area contributed by atoms with Crippen molar-refractivity contribution in [3.05, 3.63) is 57.3 Å². The molecule has 2 rings (SSSR count). The molecule has 0 spiro atoms. The van der Waals surface area contributed by atoms with Crippen LogP contribution >= 0.6 is 11.8 Å². The summed E-state index contributed by atoms with van der Waals surface area (Å²) in [6, 6.07) is 6.14. The number of amides is 1. The highest BCUT2D eigenvalue weighted by Gasteiger charge is 2.14. The Balaban J connectivity index is 2.19. The van der Waals surface area contributed by atoms with Crippen LogP contribution in [-0.2, 0) is 18.3 Å². The van der Waals surface area contributed by atoms with E-state index >= 15 is 0 Å². The van der Waals surface area contributed by atoms with Crippen LogP contribution in [0.2, 0.25) is 0 Å². The largest absolute Gasteiger partial charge is 0.353 e. The SMILES string of the molecule is Cc1nc(SCC(=O)NC(C)C)n(C)c(=O)c1Cc1ccc(F)cc1. The van der Waals surface area contributed by atoms with Crippen LogP contribution in [0, 0.1) is 12.7 Å². The molecule has 5 nitrogen and oxygen atoms in total. The highest BCUT2D eigenvalue weighted by atomic mass is 32.2. The Kier molecular flexibility index (Phi) is 6.36. The molecule has 0 fully saturated rings. The number of halogens is 1. The van der Waals surface area contributed by atoms with Gasteiger partial charge in [-0.3, -0.25) is 14.2 Å². The van der Waals surface area contributed by atoms with Gasteiger partial charge in [0, 0.05) is 30.8 Å². The molecule has 25 heavy (non-hydrogen) atoms. The standard InChI is InChI=1S/C18H22FN3O2S/c1-11(2)20-16(23)10-25-18-21-12(3)15(17(24)22(18)4)9-13-5-7-14(19)8-6-13/h5-8,11H,9-10H2,1-4H3,(H,20,23). The minimum atomic E-state index is -0.307. The Bertz CT molecular complexity index is 816. The number of aromatic nitrogens is 2. The molecule has 0 bridgehead atoms. The lowest BCUT2D eigenvalue weighted by atomic mass is 10.1. The average Bonchev–Trinajstić information content (AvgIpc) is 2.54. The lowest BCUT2D eigenvalue weighted by Crippen LogP contribution is -2.32. The number of benzene rings is 1. The molecule has 0 radical (unpaired) electrons. The summed E-state index contributed by atoms with van der Waals surface area (Å²) in [6.45, 7) is 5.56. The fourth-order valence-electron chi connectivity index (χ4n) is 2.36. The maximum atomic E-state index is 13.0. The highest BCUT2D eigenvalue weighted by Crippen LogP contribution is 2.16. The van der Waals surface area contributed by atoms with Crippen LogP contribution in [0.25, 0.3) is 0 Å². The molecule has 134 valence electrons. The Hall–Kier alpha value is -2.15. The van der Waals surface area contributed by atoms with Gasteiger partial charge in [0.05, 0.1) is 5.75 Å². The second-order valence-electron chi connectivity index (χ2n) is 6.14. The number of thioether (sulfide) groups is 1. The third-order valence-electron chi connectivity index (χ3n) is 3.63. The summed E-state index contributed by atoms with van der Waals surface area (Å²) in [5, 5.41) is 3.31. The van der Waals surface area contributed by atoms with Gasteiger partial charge < -0.3 is 5.32 Å². The van der Waals surface area contributed by atoms with Crippen molar-refractivity contribution in [1.82, 2.24) is 14.9 Å². The molecule has 0 saturated carbocycles. The predicted octanol–water partition coefficient (Wildman–Crippen LogP) is 2.44. The molecule has 0 atom stereocenters. The van der Waals surface area contributed by atoms with E-state index in [0.717, 1.165) is 5.56 Å². The Morgan fingerprint density at radius 3 is 2.56 bits per heavy atom. The second-order valence-corrected chi connectivity index (χ2v) is 7.08. The third kappa shape index (κ3) is 5.16. The zero-order chi connectivity index (χ0) is 18.6. The van der Waals surface area contributed by atoms with Crippen molar-refractivity contribution in [3.63, 3.8) is 0 Å². The lowest BCUT2D eigenvalue weighted by molar-refractivity contribution is -0.119. The molecule has 1 aromatic heterocycles. The fourth-order valence-corrected chi connectivity index (χ4v) is 3.18. The van der Waals surface area contributed by atoms with E-state index in [-0.39, 0.29) is 29.1 Å². The minimum Gasteiger partial charge on any atom is -0.353 e. The first-order valence-electron chi connectivity index (χ1n) is 8.01. The summed E-state index contributed by atoms with van der Waals surface area (Å²) in [4.78, 5) is 28.9. The molecule has 0 aliphatic heterocycles. The van der Waals surface area contributed by atoms with Gasteiger partial charge in [-0.2, -0.15) is 0 Å². The number of rotatable bonds is 6. The molecule has 0 unspecified atom stereocenters. The van der Waals surface area contributed by atoms with Crippen LogP contribution in [0.5, 0.6) is 0 Å². The monoisotopic (exact) mass is 363 g/mol. The van der Waals surface area contributed by atoms with E-state index < -0.39 is 0 Å². The van der Waals surface area contributed by atoms with Crippen LogP contribution in [-0.4, -0.2) is 27.3 Å². The van der Waals surface area contributed by atoms with Crippen molar-refractivity contribution in [3.8, 4) is 0 Å². The Morgan fingerprint density at radius 1 is 1.32 bits per heavy atom. The van der Waals surface area contributed by atoms with E-state index in [1.54, 1.807) is 26.1 Å². The Labute approximate surface area is 150 Å². The molecular weight excluding hydrogens is 341 g/mol. The molecule has 0 aliphatic carbocycles. The average molecular weight is 363 g/mol. The highest BCUT2D eigenvalue weighted by molar-refractivity contribution is 7.99. The molecule has 1 heterocycles. The molecule has 1 amide bonds. The predicted molar refractivity (Wildman–Crippen MR) is 97.4 cm³/mol. The van der Waals surface area contributed by atoms with E-state index in [9.17, 15) is 14.0 Å². The Morgan fingerprint density at radius 2 is 1.96 bits per heavy atom. The first kappa shape index (κ1) is 19.2. The molecule has 1 N–H and O–H groups in total. The summed E-state index contributed by atoms with van der Waals surface area (Å²) < 4.78 is 14.5. The van der Waals surface area contributed by atoms with Crippen molar-refractivity contribution in [2.24, 2.45) is 7.05 Å². The van der Waals surface area contributed by atoms with Gasteiger partial charge in [-0.25, -0.2) is 9.37 Å². The van der Waals surface area contributed by atoms with Gasteiger partial charge in [0.1, 0.15) is 5.82 Å². The maximum Gasteiger partial charge on any atom is 0.257 e. The topological polar surface area (TPSA) is 64.0 Å². The van der Waals surface area contributed by atoms with Crippen molar-refractivity contribution < 1.29 is 9.18 Å². The van der Waals surface area contributed by atoms with Crippen LogP contribution < -0.4 is 10.9 Å². The van der Waals surface area contributed by atoms with Crippen molar-refractivity contribution in [2.75, 3.05) is 5.75 Å². The van der Waals surface area contributed by atoms with E-state index in [0.29, 0.717) is 22.8 Å². The summed E-state index contributed by atoms with van der Waals surface area (Å²) in [6.07, 6.45) is 0.393. The summed E-state index contributed by atoms with van der Waals surface area (Å²) >= 11 is 1.23. The minimum absolute atomic E-state index is 0.0738. The van der Waals surface area contributed by atoms with E-state index in [1.165, 1.54) is 28.5 Å². The third-order valence-corrected chi connectivity index (χ3v) is 4.66. The van der Waals surface area contributed by atoms with Gasteiger partial charge in [0.2, 0.25) is 5.91 Å². The smallest absolute Gasteiger partial charge is 0.257 e. The summed E-state index contributed by atoms with van der Waals surface area (Å²) in [7, 11) is 1.64. The molecule has 7 heteroatoms. The van der Waals surface area contributed by atoms with E-state index in [1.807, 2.05) is 13.8 Å². The zero-order valence-corrected chi connectivity index (χ0v) is 15.6. The van der Waals surface area contributed by atoms with Gasteiger partial charge in [-0.1, -0.05) is 23.9 Å². The quantitative estimate of drug-likeness (QED) is 0.632. The normalized spacial score (nSPS) is 11.0. The molecule has 0 saturated heterocycles. The van der Waals surface area contributed by atoms with E-state index in [4.69, 9.17) is 0 Å². The first-order chi connectivity index (χ1) is 11.8. The van der Waals surface area contributed by atoms with Crippen molar-refractivity contribution >= 4 is 17.7 Å². The van der Waals surface area contributed by atoms with Crippen LogP contribution in [0.15, 0.2) is 34.2 Å². The number of nitrogens with zero attached hydrogens (tertiary/aromatic N) is 2. The number of nitrogens with one attached hydrogen (secondary N) is 1. The number of hydrogen-bond donors (Lipinski definition) is 1. The number of carbonyl (C=O) groups excluding carboxylic acids is 1. The van der Waals surface area contributed by atoms with E-state index in [2.05, 4.69) is 10.3 Å². The zero-order valence-electron chi connectivity index (χ0n) is 14.8. The van der Waals surface area contributed by atoms with Gasteiger partial charge >= 0.3 is 0 Å². The van der Waals surface area contributed by atoms with Crippen molar-refractivity contribution in [1.29, 1.82) is 0 Å². The lowest BCUT2D eigenvalue weighted by Gasteiger charge is -2.13. The number of carbonyl (C=O) groups is 1. The molecule has 0 aliphatic rings. The maximum absolute atomic E-state index is 13.0. The molecule has 1 aromatic carbocycles. The summed E-state index contributed by atoms with van der Waals surface area (Å²) in [5.41, 5.74) is 1.90. The van der Waals surface area contributed by atoms with Gasteiger partial charge in [0.15, 0.2) is 5.16 Å². The van der Waals surface area contributed by atoms with Gasteiger partial charge in [-0.15, -0.1) is 0 Å². The second kappa shape index (κ2) is 8.29. The fraction of sp³-hybridized carbons (Fsp3) is 0.389. The van der Waals surface area contributed by atoms with Crippen LogP contribution in [0.1, 0.15) is 30.7 Å². The van der Waals surface area contributed by atoms with Crippen molar-refractivity contribution in [2.45, 2.75) is 38.4 Å². The van der Waals surface area contributed by atoms with Crippen LogP contribution in [0.3, 0.4) is 0 Å². The van der Waals surface area contributed by atoms with Gasteiger partial charge in [-0.05, 0) is 38.5 Å². The number of hydrogen-bond acceptors (Lipinski definition) is 4. The van der Waals surface area contributed by atoms with Crippen LogP contribution in [0.4, 0.5) is 4.39 Å². The number of aryl methyl sites for hydroxylation is 1.